The van der Waals surface area contributed by atoms with Gasteiger partial charge in [-0.25, -0.2) is 0 Å². The quantitative estimate of drug-likeness (QED) is 0.517. The minimum atomic E-state index is -0.695. The van der Waals surface area contributed by atoms with E-state index < -0.39 is 12.0 Å². The first kappa shape index (κ1) is 11.1. The number of hydroxylamine groups is 1. The molecule has 1 radical (unpaired) electrons. The smallest absolute Gasteiger partial charge is 0.324 e. The maximum Gasteiger partial charge on any atom is 0.324 e. The molecule has 0 bridgehead atoms. The van der Waals surface area contributed by atoms with Crippen LogP contribution in [0.15, 0.2) is 0 Å². The van der Waals surface area contributed by atoms with Crippen molar-refractivity contribution in [1.29, 1.82) is 0 Å². The van der Waals surface area contributed by atoms with Crippen molar-refractivity contribution >= 4 is 12.3 Å². The molecular weight excluding hydrogens is 160 g/mol. The predicted molar refractivity (Wildman–Crippen MR) is 42.7 cm³/mol. The summed E-state index contributed by atoms with van der Waals surface area (Å²) in [6.07, 6.45) is 1.98. The van der Waals surface area contributed by atoms with E-state index in [-0.39, 0.29) is 12.8 Å². The molecule has 0 unspecified atom stereocenters. The van der Waals surface area contributed by atoms with E-state index in [0.29, 0.717) is 6.54 Å². The van der Waals surface area contributed by atoms with E-state index in [2.05, 4.69) is 10.3 Å². The van der Waals surface area contributed by atoms with Gasteiger partial charge in [0.15, 0.2) is 0 Å². The molecule has 0 spiro atoms. The van der Waals surface area contributed by atoms with Gasteiger partial charge >= 0.3 is 5.97 Å². The van der Waals surface area contributed by atoms with Gasteiger partial charge in [0.05, 0.1) is 6.04 Å². The molecule has 0 saturated heterocycles. The zero-order chi connectivity index (χ0) is 9.40. The van der Waals surface area contributed by atoms with E-state index in [9.17, 15) is 9.59 Å². The number of carbonyl (C=O) groups is 1. The monoisotopic (exact) mass is 173 g/mol. The standard InChI is InChI=1S/C7H13N2O3/c1-2-9-12-7(11)4-3-6(8)5-10/h6,9H,2-4,8H2,1H3/t6-/m0/s1. The largest absolute Gasteiger partial charge is 0.371 e. The summed E-state index contributed by atoms with van der Waals surface area (Å²) < 4.78 is 0. The number of nitrogens with two attached hydrogens (primary N) is 1. The highest BCUT2D eigenvalue weighted by molar-refractivity contribution is 5.70. The first-order valence-corrected chi connectivity index (χ1v) is 3.76. The molecule has 5 nitrogen and oxygen atoms in total. The van der Waals surface area contributed by atoms with Crippen LogP contribution in [0, 0.1) is 0 Å². The molecule has 5 heteroatoms. The average molecular weight is 173 g/mol. The van der Waals surface area contributed by atoms with Crippen LogP contribution in [0.2, 0.25) is 0 Å². The zero-order valence-corrected chi connectivity index (χ0v) is 7.00. The molecule has 0 aromatic rings. The fourth-order valence-corrected chi connectivity index (χ4v) is 0.536. The van der Waals surface area contributed by atoms with Crippen LogP contribution in [0.4, 0.5) is 0 Å². The van der Waals surface area contributed by atoms with Crippen LogP contribution in [-0.2, 0) is 14.4 Å². The van der Waals surface area contributed by atoms with Crippen molar-refractivity contribution in [1.82, 2.24) is 5.48 Å². The summed E-state index contributed by atoms with van der Waals surface area (Å²) in [5.74, 6) is -0.414. The summed E-state index contributed by atoms with van der Waals surface area (Å²) in [7, 11) is 0. The Bertz CT molecular complexity index is 150. The van der Waals surface area contributed by atoms with Gasteiger partial charge < -0.3 is 10.6 Å². The predicted octanol–water partition coefficient (Wildman–Crippen LogP) is -0.729. The Kier molecular flexibility index (Phi) is 6.22. The summed E-state index contributed by atoms with van der Waals surface area (Å²) in [5.41, 5.74) is 7.60. The van der Waals surface area contributed by atoms with E-state index >= 15 is 0 Å². The molecule has 0 aromatic carbocycles. The van der Waals surface area contributed by atoms with Crippen molar-refractivity contribution in [3.8, 4) is 0 Å². The Morgan fingerprint density at radius 3 is 2.92 bits per heavy atom. The van der Waals surface area contributed by atoms with Crippen molar-refractivity contribution in [2.24, 2.45) is 5.73 Å². The van der Waals surface area contributed by atoms with E-state index in [4.69, 9.17) is 5.73 Å². The lowest BCUT2D eigenvalue weighted by atomic mass is 10.2. The fraction of sp³-hybridized carbons (Fsp3) is 0.714. The van der Waals surface area contributed by atoms with E-state index in [1.54, 1.807) is 13.2 Å². The molecule has 0 aromatic heterocycles. The van der Waals surface area contributed by atoms with Gasteiger partial charge in [0.1, 0.15) is 0 Å². The Balaban J connectivity index is 3.36. The zero-order valence-electron chi connectivity index (χ0n) is 7.00. The number of nitrogens with one attached hydrogen (secondary N) is 1. The van der Waals surface area contributed by atoms with E-state index in [0.717, 1.165) is 0 Å². The van der Waals surface area contributed by atoms with Gasteiger partial charge in [-0.15, -0.1) is 0 Å². The van der Waals surface area contributed by atoms with E-state index in [1.165, 1.54) is 0 Å². The molecule has 0 aliphatic heterocycles. The average Bonchev–Trinajstić information content (AvgIpc) is 2.10. The maximum atomic E-state index is 10.8. The molecular formula is C7H13N2O3. The SMILES string of the molecule is CCNOC(=O)CC[C@H](N)[C]=O. The Hall–Kier alpha value is -0.940. The third kappa shape index (κ3) is 5.82. The van der Waals surface area contributed by atoms with Crippen molar-refractivity contribution < 1.29 is 14.4 Å². The molecule has 3 N–H and O–H groups in total. The number of carbonyl (C=O) groups excluding carboxylic acids is 2. The lowest BCUT2D eigenvalue weighted by Crippen LogP contribution is -2.25. The summed E-state index contributed by atoms with van der Waals surface area (Å²) in [6, 6.07) is -0.695. The fourth-order valence-electron chi connectivity index (χ4n) is 0.536. The topological polar surface area (TPSA) is 81.4 Å². The number of hydrogen-bond donors (Lipinski definition) is 2. The van der Waals surface area contributed by atoms with Gasteiger partial charge in [0, 0.05) is 13.0 Å². The van der Waals surface area contributed by atoms with Crippen LogP contribution in [0.3, 0.4) is 0 Å². The minimum absolute atomic E-state index is 0.128. The Morgan fingerprint density at radius 1 is 1.75 bits per heavy atom. The van der Waals surface area contributed by atoms with Crippen LogP contribution in [-0.4, -0.2) is 24.8 Å². The van der Waals surface area contributed by atoms with Crippen LogP contribution >= 0.6 is 0 Å². The molecule has 0 fully saturated rings. The molecule has 0 amide bonds. The summed E-state index contributed by atoms with van der Waals surface area (Å²) in [4.78, 5) is 25.2. The van der Waals surface area contributed by atoms with Gasteiger partial charge in [0.2, 0.25) is 6.29 Å². The van der Waals surface area contributed by atoms with Gasteiger partial charge in [-0.3, -0.25) is 9.59 Å². The maximum absolute atomic E-state index is 10.8. The first-order chi connectivity index (χ1) is 5.70. The first-order valence-electron chi connectivity index (χ1n) is 3.76. The van der Waals surface area contributed by atoms with Crippen LogP contribution in [0.25, 0.3) is 0 Å². The van der Waals surface area contributed by atoms with Gasteiger partial charge in [-0.05, 0) is 13.3 Å². The minimum Gasteiger partial charge on any atom is -0.371 e. The second-order valence-corrected chi connectivity index (χ2v) is 2.23. The number of hydrogen-bond acceptors (Lipinski definition) is 5. The third-order valence-corrected chi connectivity index (χ3v) is 1.14. The Labute approximate surface area is 71.2 Å². The third-order valence-electron chi connectivity index (χ3n) is 1.14. The molecule has 0 aliphatic carbocycles. The summed E-state index contributed by atoms with van der Waals surface area (Å²) >= 11 is 0. The van der Waals surface area contributed by atoms with Crippen LogP contribution < -0.4 is 11.2 Å². The van der Waals surface area contributed by atoms with Crippen molar-refractivity contribution in [2.45, 2.75) is 25.8 Å². The molecule has 0 rings (SSSR count). The molecule has 0 heterocycles. The highest BCUT2D eigenvalue weighted by Gasteiger charge is 2.07. The lowest BCUT2D eigenvalue weighted by Gasteiger charge is -2.03. The Morgan fingerprint density at radius 2 is 2.42 bits per heavy atom. The number of rotatable bonds is 6. The molecule has 0 aliphatic rings. The second-order valence-electron chi connectivity index (χ2n) is 2.23. The van der Waals surface area contributed by atoms with Crippen molar-refractivity contribution in [3.63, 3.8) is 0 Å². The summed E-state index contributed by atoms with van der Waals surface area (Å²) in [6.45, 7) is 2.36. The van der Waals surface area contributed by atoms with Crippen molar-refractivity contribution in [2.75, 3.05) is 6.54 Å². The molecule has 0 saturated carbocycles. The van der Waals surface area contributed by atoms with E-state index in [1.807, 2.05) is 0 Å². The lowest BCUT2D eigenvalue weighted by molar-refractivity contribution is -0.151. The molecule has 69 valence electrons. The molecule has 1 atom stereocenters. The second kappa shape index (κ2) is 6.75. The highest BCUT2D eigenvalue weighted by Crippen LogP contribution is 1.93. The van der Waals surface area contributed by atoms with Gasteiger partial charge in [-0.2, -0.15) is 5.48 Å². The van der Waals surface area contributed by atoms with Crippen molar-refractivity contribution in [3.05, 3.63) is 0 Å². The summed E-state index contributed by atoms with van der Waals surface area (Å²) in [5, 5.41) is 0. The van der Waals surface area contributed by atoms with Gasteiger partial charge in [0.25, 0.3) is 0 Å². The molecule has 12 heavy (non-hydrogen) atoms. The highest BCUT2D eigenvalue weighted by atomic mass is 16.7. The van der Waals surface area contributed by atoms with Crippen LogP contribution in [0.1, 0.15) is 19.8 Å². The van der Waals surface area contributed by atoms with Crippen LogP contribution in [0.5, 0.6) is 0 Å². The van der Waals surface area contributed by atoms with Gasteiger partial charge in [-0.1, -0.05) is 0 Å². The normalized spacial score (nSPS) is 12.2.